The second kappa shape index (κ2) is 7.45. The molecule has 1 amide bonds. The lowest BCUT2D eigenvalue weighted by Crippen LogP contribution is -2.33. The van der Waals surface area contributed by atoms with E-state index in [0.717, 1.165) is 31.6 Å². The van der Waals surface area contributed by atoms with E-state index >= 15 is 0 Å². The molecule has 0 bridgehead atoms. The number of hydrogen-bond donors (Lipinski definition) is 2. The molecule has 0 atom stereocenters. The van der Waals surface area contributed by atoms with Gasteiger partial charge in [-0.25, -0.2) is 4.98 Å². The molecule has 5 nitrogen and oxygen atoms in total. The lowest BCUT2D eigenvalue weighted by Gasteiger charge is -2.22. The fourth-order valence-electron chi connectivity index (χ4n) is 1.88. The van der Waals surface area contributed by atoms with Crippen molar-refractivity contribution in [1.82, 2.24) is 15.6 Å². The van der Waals surface area contributed by atoms with Crippen LogP contribution in [0.3, 0.4) is 0 Å². The number of rotatable bonds is 6. The Morgan fingerprint density at radius 1 is 1.56 bits per heavy atom. The molecule has 1 aromatic heterocycles. The van der Waals surface area contributed by atoms with Crippen LogP contribution in [0.4, 0.5) is 0 Å². The van der Waals surface area contributed by atoms with E-state index in [4.69, 9.17) is 4.74 Å². The van der Waals surface area contributed by atoms with Gasteiger partial charge in [0.15, 0.2) is 0 Å². The van der Waals surface area contributed by atoms with E-state index in [0.29, 0.717) is 25.7 Å². The van der Waals surface area contributed by atoms with E-state index < -0.39 is 0 Å². The Balaban J connectivity index is 1.54. The van der Waals surface area contributed by atoms with E-state index in [1.54, 1.807) is 5.51 Å². The molecule has 2 heterocycles. The number of nitrogens with one attached hydrogen (secondary N) is 2. The van der Waals surface area contributed by atoms with E-state index in [1.165, 1.54) is 11.3 Å². The highest BCUT2D eigenvalue weighted by atomic mass is 32.1. The van der Waals surface area contributed by atoms with Gasteiger partial charge in [0, 0.05) is 11.8 Å². The van der Waals surface area contributed by atoms with Crippen molar-refractivity contribution in [1.29, 1.82) is 0 Å². The average Bonchev–Trinajstić information content (AvgIpc) is 2.91. The van der Waals surface area contributed by atoms with E-state index in [1.807, 2.05) is 5.38 Å². The third-order valence-electron chi connectivity index (χ3n) is 2.92. The fraction of sp³-hybridized carbons (Fsp3) is 0.667. The summed E-state index contributed by atoms with van der Waals surface area (Å²) in [6.07, 6.45) is 2.83. The maximum absolute atomic E-state index is 11.6. The molecule has 1 aliphatic rings. The molecule has 6 heteroatoms. The molecule has 0 saturated carbocycles. The number of hydrogen-bond acceptors (Lipinski definition) is 5. The number of carbonyl (C=O) groups excluding carboxylic acids is 1. The van der Waals surface area contributed by atoms with Crippen LogP contribution in [0.5, 0.6) is 0 Å². The maximum Gasteiger partial charge on any atom is 0.222 e. The highest BCUT2D eigenvalue weighted by molar-refractivity contribution is 7.07. The monoisotopic (exact) mass is 269 g/mol. The molecule has 2 rings (SSSR count). The van der Waals surface area contributed by atoms with Gasteiger partial charge in [-0.1, -0.05) is 0 Å². The normalized spacial score (nSPS) is 16.7. The van der Waals surface area contributed by atoms with Gasteiger partial charge >= 0.3 is 0 Å². The summed E-state index contributed by atoms with van der Waals surface area (Å²) in [5.41, 5.74) is 2.68. The maximum atomic E-state index is 11.6. The Morgan fingerprint density at radius 2 is 2.39 bits per heavy atom. The summed E-state index contributed by atoms with van der Waals surface area (Å²) in [7, 11) is 0. The SMILES string of the molecule is O=C(CCOC1CCNCC1)NCc1cscn1. The van der Waals surface area contributed by atoms with Crippen LogP contribution in [0, 0.1) is 0 Å². The molecule has 1 aromatic rings. The van der Waals surface area contributed by atoms with E-state index in [-0.39, 0.29) is 5.91 Å². The third kappa shape index (κ3) is 4.72. The molecule has 0 spiro atoms. The second-order valence-corrected chi connectivity index (χ2v) is 5.05. The molecule has 0 radical (unpaired) electrons. The van der Waals surface area contributed by atoms with Crippen LogP contribution in [0.2, 0.25) is 0 Å². The Morgan fingerprint density at radius 3 is 3.11 bits per heavy atom. The minimum atomic E-state index is 0.0249. The Labute approximate surface area is 111 Å². The first-order valence-electron chi connectivity index (χ1n) is 6.30. The van der Waals surface area contributed by atoms with Crippen LogP contribution < -0.4 is 10.6 Å². The second-order valence-electron chi connectivity index (χ2n) is 4.33. The van der Waals surface area contributed by atoms with Crippen LogP contribution in [0.1, 0.15) is 25.0 Å². The van der Waals surface area contributed by atoms with Crippen molar-refractivity contribution in [2.45, 2.75) is 31.9 Å². The van der Waals surface area contributed by atoms with Crippen molar-refractivity contribution in [3.8, 4) is 0 Å². The van der Waals surface area contributed by atoms with Crippen molar-refractivity contribution >= 4 is 17.2 Å². The molecule has 0 aromatic carbocycles. The summed E-state index contributed by atoms with van der Waals surface area (Å²) < 4.78 is 5.68. The van der Waals surface area contributed by atoms with E-state index in [2.05, 4.69) is 15.6 Å². The molecule has 0 aliphatic carbocycles. The lowest BCUT2D eigenvalue weighted by molar-refractivity contribution is -0.122. The van der Waals surface area contributed by atoms with Gasteiger partial charge in [-0.2, -0.15) is 0 Å². The molecule has 1 aliphatic heterocycles. The predicted molar refractivity (Wildman–Crippen MR) is 70.4 cm³/mol. The quantitative estimate of drug-likeness (QED) is 0.806. The zero-order chi connectivity index (χ0) is 12.6. The molecule has 1 saturated heterocycles. The predicted octanol–water partition coefficient (Wildman–Crippen LogP) is 0.918. The Hall–Kier alpha value is -0.980. The summed E-state index contributed by atoms with van der Waals surface area (Å²) in [5.74, 6) is 0.0249. The van der Waals surface area contributed by atoms with Gasteiger partial charge in [0.25, 0.3) is 0 Å². The number of amides is 1. The van der Waals surface area contributed by atoms with Gasteiger partial charge in [-0.05, 0) is 25.9 Å². The van der Waals surface area contributed by atoms with Crippen LogP contribution in [0.15, 0.2) is 10.9 Å². The molecule has 2 N–H and O–H groups in total. The summed E-state index contributed by atoms with van der Waals surface area (Å²) in [6.45, 7) is 3.05. The molecule has 0 unspecified atom stereocenters. The van der Waals surface area contributed by atoms with Gasteiger partial charge in [0.2, 0.25) is 5.91 Å². The van der Waals surface area contributed by atoms with E-state index in [9.17, 15) is 4.79 Å². The van der Waals surface area contributed by atoms with Crippen molar-refractivity contribution in [2.75, 3.05) is 19.7 Å². The number of aromatic nitrogens is 1. The molecule has 18 heavy (non-hydrogen) atoms. The first kappa shape index (κ1) is 13.5. The highest BCUT2D eigenvalue weighted by Gasteiger charge is 2.13. The summed E-state index contributed by atoms with van der Waals surface area (Å²) >= 11 is 1.53. The topological polar surface area (TPSA) is 63.2 Å². The summed E-state index contributed by atoms with van der Waals surface area (Å²) in [5, 5.41) is 8.06. The number of nitrogens with zero attached hydrogens (tertiary/aromatic N) is 1. The Bertz CT molecular complexity index is 350. The van der Waals surface area contributed by atoms with Crippen molar-refractivity contribution in [2.24, 2.45) is 0 Å². The van der Waals surface area contributed by atoms with Crippen LogP contribution >= 0.6 is 11.3 Å². The van der Waals surface area contributed by atoms with Crippen LogP contribution in [-0.2, 0) is 16.1 Å². The molecule has 1 fully saturated rings. The van der Waals surface area contributed by atoms with Crippen LogP contribution in [-0.4, -0.2) is 36.7 Å². The number of ether oxygens (including phenoxy) is 1. The minimum Gasteiger partial charge on any atom is -0.378 e. The number of piperidine rings is 1. The summed E-state index contributed by atoms with van der Waals surface area (Å²) in [6, 6.07) is 0. The Kier molecular flexibility index (Phi) is 5.57. The van der Waals surface area contributed by atoms with Gasteiger partial charge in [0.05, 0.1) is 30.5 Å². The standard InChI is InChI=1S/C12H19N3O2S/c16-12(14-7-10-8-18-9-15-10)3-6-17-11-1-4-13-5-2-11/h8-9,11,13H,1-7H2,(H,14,16). The van der Waals surface area contributed by atoms with Gasteiger partial charge in [-0.15, -0.1) is 11.3 Å². The van der Waals surface area contributed by atoms with Gasteiger partial charge in [-0.3, -0.25) is 4.79 Å². The number of thiazole rings is 1. The minimum absolute atomic E-state index is 0.0249. The van der Waals surface area contributed by atoms with Crippen molar-refractivity contribution < 1.29 is 9.53 Å². The molecular weight excluding hydrogens is 250 g/mol. The zero-order valence-corrected chi connectivity index (χ0v) is 11.2. The smallest absolute Gasteiger partial charge is 0.222 e. The van der Waals surface area contributed by atoms with Crippen molar-refractivity contribution in [3.63, 3.8) is 0 Å². The first-order valence-corrected chi connectivity index (χ1v) is 7.25. The van der Waals surface area contributed by atoms with Gasteiger partial charge < -0.3 is 15.4 Å². The third-order valence-corrected chi connectivity index (χ3v) is 3.55. The molecular formula is C12H19N3O2S. The highest BCUT2D eigenvalue weighted by Crippen LogP contribution is 2.07. The van der Waals surface area contributed by atoms with Gasteiger partial charge in [0.1, 0.15) is 0 Å². The fourth-order valence-corrected chi connectivity index (χ4v) is 2.44. The average molecular weight is 269 g/mol. The lowest BCUT2D eigenvalue weighted by atomic mass is 10.1. The first-order chi connectivity index (χ1) is 8.84. The number of carbonyl (C=O) groups is 1. The van der Waals surface area contributed by atoms with Crippen molar-refractivity contribution in [3.05, 3.63) is 16.6 Å². The summed E-state index contributed by atoms with van der Waals surface area (Å²) in [4.78, 5) is 15.7. The molecule has 100 valence electrons. The zero-order valence-electron chi connectivity index (χ0n) is 10.4. The van der Waals surface area contributed by atoms with Crippen LogP contribution in [0.25, 0.3) is 0 Å². The largest absolute Gasteiger partial charge is 0.378 e.